The van der Waals surface area contributed by atoms with E-state index in [2.05, 4.69) is 20.8 Å². The SMILES string of the molecule is CC(C)(C)c1cc(-c2ccc(Cl)cc2)nn2cc(C(=O)N3CCN(C(=O)[C@H]4CC[C@@H](C(=O)O)CC4)CC3(C)C)nc12. The summed E-state index contributed by atoms with van der Waals surface area (Å²) in [5, 5.41) is 14.7. The summed E-state index contributed by atoms with van der Waals surface area (Å²) in [5.74, 6) is -1.41. The third-order valence-corrected chi connectivity index (χ3v) is 8.73. The highest BCUT2D eigenvalue weighted by Gasteiger charge is 2.41. The van der Waals surface area contributed by atoms with Crippen LogP contribution in [0.4, 0.5) is 0 Å². The molecule has 10 heteroatoms. The van der Waals surface area contributed by atoms with Crippen LogP contribution in [0.25, 0.3) is 16.9 Å². The first-order valence-corrected chi connectivity index (χ1v) is 14.6. The standard InChI is InChI=1S/C31H38ClN5O4/c1-30(2,3)23-16-24(19-10-12-22(32)13-11-19)34-37-17-25(33-26(23)37)28(39)36-15-14-35(18-31(36,4)5)27(38)20-6-8-21(9-7-20)29(40)41/h10-13,16-17,20-21H,6-9,14-15,18H2,1-5H3,(H,40,41)/t20-,21+. The summed E-state index contributed by atoms with van der Waals surface area (Å²) >= 11 is 6.10. The number of piperazine rings is 1. The molecule has 0 radical (unpaired) electrons. The van der Waals surface area contributed by atoms with E-state index >= 15 is 0 Å². The molecular weight excluding hydrogens is 542 g/mol. The average molecular weight is 580 g/mol. The van der Waals surface area contributed by atoms with Gasteiger partial charge in [0.15, 0.2) is 5.65 Å². The summed E-state index contributed by atoms with van der Waals surface area (Å²) < 4.78 is 1.69. The number of carbonyl (C=O) groups excluding carboxylic acids is 2. The molecule has 41 heavy (non-hydrogen) atoms. The monoisotopic (exact) mass is 579 g/mol. The van der Waals surface area contributed by atoms with Gasteiger partial charge in [0.05, 0.1) is 23.3 Å². The number of halogens is 1. The number of amides is 2. The lowest BCUT2D eigenvalue weighted by Gasteiger charge is -2.47. The molecule has 1 aliphatic carbocycles. The van der Waals surface area contributed by atoms with Crippen LogP contribution in [0.1, 0.15) is 76.4 Å². The van der Waals surface area contributed by atoms with Gasteiger partial charge in [-0.3, -0.25) is 14.4 Å². The second-order valence-corrected chi connectivity index (χ2v) is 13.4. The van der Waals surface area contributed by atoms with E-state index in [0.717, 1.165) is 16.8 Å². The molecule has 2 aliphatic rings. The maximum atomic E-state index is 13.9. The third kappa shape index (κ3) is 5.82. The van der Waals surface area contributed by atoms with Crippen molar-refractivity contribution in [1.82, 2.24) is 24.4 Å². The van der Waals surface area contributed by atoms with Crippen LogP contribution in [0, 0.1) is 11.8 Å². The van der Waals surface area contributed by atoms with Crippen LogP contribution in [-0.2, 0) is 15.0 Å². The van der Waals surface area contributed by atoms with Crippen molar-refractivity contribution in [3.63, 3.8) is 0 Å². The first-order chi connectivity index (χ1) is 19.2. The van der Waals surface area contributed by atoms with Crippen LogP contribution >= 0.6 is 11.6 Å². The predicted molar refractivity (Wildman–Crippen MR) is 157 cm³/mol. The number of fused-ring (bicyclic) bond motifs is 1. The molecule has 1 aromatic carbocycles. The van der Waals surface area contributed by atoms with Crippen LogP contribution in [0.2, 0.25) is 5.02 Å². The van der Waals surface area contributed by atoms with Gasteiger partial charge < -0.3 is 14.9 Å². The number of rotatable bonds is 4. The Bertz CT molecular complexity index is 1480. The lowest BCUT2D eigenvalue weighted by molar-refractivity contribution is -0.147. The number of aromatic nitrogens is 3. The molecular formula is C31H38ClN5O4. The zero-order valence-corrected chi connectivity index (χ0v) is 25.1. The second kappa shape index (κ2) is 10.7. The number of nitrogens with zero attached hydrogens (tertiary/aromatic N) is 5. The Morgan fingerprint density at radius 2 is 1.63 bits per heavy atom. The molecule has 2 aromatic heterocycles. The third-order valence-electron chi connectivity index (χ3n) is 8.48. The number of benzene rings is 1. The normalized spacial score (nSPS) is 21.2. The fraction of sp³-hybridized carbons (Fsp3) is 0.516. The molecule has 5 rings (SSSR count). The summed E-state index contributed by atoms with van der Waals surface area (Å²) in [7, 11) is 0. The van der Waals surface area contributed by atoms with Crippen molar-refractivity contribution in [2.24, 2.45) is 11.8 Å². The molecule has 3 heterocycles. The molecule has 1 N–H and O–H groups in total. The Morgan fingerprint density at radius 3 is 2.22 bits per heavy atom. The van der Waals surface area contributed by atoms with E-state index < -0.39 is 11.5 Å². The Morgan fingerprint density at radius 1 is 1.00 bits per heavy atom. The number of carbonyl (C=O) groups is 3. The maximum absolute atomic E-state index is 13.9. The van der Waals surface area contributed by atoms with E-state index in [1.165, 1.54) is 0 Å². The van der Waals surface area contributed by atoms with Gasteiger partial charge in [0, 0.05) is 41.7 Å². The molecule has 9 nitrogen and oxygen atoms in total. The van der Waals surface area contributed by atoms with Gasteiger partial charge >= 0.3 is 5.97 Å². The van der Waals surface area contributed by atoms with Gasteiger partial charge in [0.25, 0.3) is 5.91 Å². The zero-order chi connectivity index (χ0) is 29.7. The van der Waals surface area contributed by atoms with Crippen molar-refractivity contribution in [3.05, 3.63) is 52.8 Å². The molecule has 0 unspecified atom stereocenters. The highest BCUT2D eigenvalue weighted by Crippen LogP contribution is 2.33. The molecule has 1 saturated carbocycles. The first-order valence-electron chi connectivity index (χ1n) is 14.2. The van der Waals surface area contributed by atoms with Crippen molar-refractivity contribution in [1.29, 1.82) is 0 Å². The molecule has 1 saturated heterocycles. The number of carboxylic acids is 1. The molecule has 0 atom stereocenters. The molecule has 3 aromatic rings. The minimum atomic E-state index is -0.776. The van der Waals surface area contributed by atoms with Gasteiger partial charge in [0.1, 0.15) is 5.69 Å². The average Bonchev–Trinajstić information content (AvgIpc) is 3.35. The first kappa shape index (κ1) is 29.0. The Hall–Kier alpha value is -3.46. The zero-order valence-electron chi connectivity index (χ0n) is 24.4. The van der Waals surface area contributed by atoms with Crippen LogP contribution in [0.3, 0.4) is 0 Å². The largest absolute Gasteiger partial charge is 0.481 e. The van der Waals surface area contributed by atoms with Gasteiger partial charge in [-0.25, -0.2) is 9.50 Å². The Labute approximate surface area is 245 Å². The summed E-state index contributed by atoms with van der Waals surface area (Å²) in [6, 6.07) is 9.53. The topological polar surface area (TPSA) is 108 Å². The fourth-order valence-corrected chi connectivity index (χ4v) is 6.22. The molecule has 218 valence electrons. The van der Waals surface area contributed by atoms with Crippen LogP contribution in [0.5, 0.6) is 0 Å². The van der Waals surface area contributed by atoms with Crippen LogP contribution < -0.4 is 0 Å². The van der Waals surface area contributed by atoms with E-state index in [9.17, 15) is 19.5 Å². The fourth-order valence-electron chi connectivity index (χ4n) is 6.10. The number of carboxylic acid groups (broad SMARTS) is 1. The van der Waals surface area contributed by atoms with Crippen molar-refractivity contribution in [2.45, 2.75) is 71.3 Å². The van der Waals surface area contributed by atoms with Gasteiger partial charge in [-0.05, 0) is 63.1 Å². The lowest BCUT2D eigenvalue weighted by atomic mass is 9.81. The van der Waals surface area contributed by atoms with Crippen LogP contribution in [-0.4, -0.2) is 72.5 Å². The van der Waals surface area contributed by atoms with E-state index in [4.69, 9.17) is 21.7 Å². The highest BCUT2D eigenvalue weighted by molar-refractivity contribution is 6.30. The molecule has 2 fully saturated rings. The highest BCUT2D eigenvalue weighted by atomic mass is 35.5. The number of imidazole rings is 1. The van der Waals surface area contributed by atoms with Gasteiger partial charge in [0.2, 0.25) is 5.91 Å². The van der Waals surface area contributed by atoms with E-state index in [-0.39, 0.29) is 29.1 Å². The summed E-state index contributed by atoms with van der Waals surface area (Å²) in [5.41, 5.74) is 2.77. The number of hydrogen-bond donors (Lipinski definition) is 1. The minimum Gasteiger partial charge on any atom is -0.481 e. The van der Waals surface area contributed by atoms with Gasteiger partial charge in [-0.1, -0.05) is 44.5 Å². The number of hydrogen-bond acceptors (Lipinski definition) is 5. The van der Waals surface area contributed by atoms with E-state index in [1.54, 1.807) is 15.6 Å². The second-order valence-electron chi connectivity index (χ2n) is 13.0. The molecule has 1 aliphatic heterocycles. The summed E-state index contributed by atoms with van der Waals surface area (Å²) in [6.07, 6.45) is 3.95. The predicted octanol–water partition coefficient (Wildman–Crippen LogP) is 5.30. The molecule has 0 spiro atoms. The lowest BCUT2D eigenvalue weighted by Crippen LogP contribution is -2.62. The van der Waals surface area contributed by atoms with Crippen molar-refractivity contribution in [2.75, 3.05) is 19.6 Å². The van der Waals surface area contributed by atoms with Crippen molar-refractivity contribution >= 4 is 35.0 Å². The smallest absolute Gasteiger partial charge is 0.306 e. The summed E-state index contributed by atoms with van der Waals surface area (Å²) in [4.78, 5) is 46.9. The van der Waals surface area contributed by atoms with E-state index in [1.807, 2.05) is 49.1 Å². The summed E-state index contributed by atoms with van der Waals surface area (Å²) in [6.45, 7) is 11.5. The Balaban J connectivity index is 1.37. The Kier molecular flexibility index (Phi) is 7.61. The quantitative estimate of drug-likeness (QED) is 0.449. The molecule has 0 bridgehead atoms. The molecule has 2 amide bonds. The van der Waals surface area contributed by atoms with Crippen LogP contribution in [0.15, 0.2) is 36.5 Å². The van der Waals surface area contributed by atoms with E-state index in [0.29, 0.717) is 61.7 Å². The number of aliphatic carboxylic acids is 1. The van der Waals surface area contributed by atoms with Gasteiger partial charge in [-0.15, -0.1) is 0 Å². The van der Waals surface area contributed by atoms with Gasteiger partial charge in [-0.2, -0.15) is 5.10 Å². The minimum absolute atomic E-state index is 0.0653. The van der Waals surface area contributed by atoms with Crippen molar-refractivity contribution in [3.8, 4) is 11.3 Å². The van der Waals surface area contributed by atoms with Crippen molar-refractivity contribution < 1.29 is 19.5 Å². The maximum Gasteiger partial charge on any atom is 0.306 e.